The fourth-order valence-corrected chi connectivity index (χ4v) is 1.97. The summed E-state index contributed by atoms with van der Waals surface area (Å²) in [7, 11) is 7.04. The second-order valence-electron chi connectivity index (χ2n) is 4.25. The Morgan fingerprint density at radius 3 is 2.35 bits per heavy atom. The molecule has 4 nitrogen and oxygen atoms in total. The Bertz CT molecular complexity index is 365. The molecule has 1 unspecified atom stereocenters. The Balaban J connectivity index is 3.21. The molecule has 0 bridgehead atoms. The van der Waals surface area contributed by atoms with Crippen LogP contribution in [-0.4, -0.2) is 45.7 Å². The third-order valence-electron chi connectivity index (χ3n) is 2.78. The maximum Gasteiger partial charge on any atom is 0.332 e. The lowest BCUT2D eigenvalue weighted by atomic mass is 9.89. The summed E-state index contributed by atoms with van der Waals surface area (Å²) in [6.45, 7) is 0.542. The van der Waals surface area contributed by atoms with Crippen molar-refractivity contribution in [3.05, 3.63) is 35.9 Å². The molecule has 4 heteroatoms. The number of ether oxygens (including phenoxy) is 1. The molecule has 0 aromatic heterocycles. The van der Waals surface area contributed by atoms with E-state index >= 15 is 0 Å². The summed E-state index contributed by atoms with van der Waals surface area (Å²) < 4.78 is 4.93. The second-order valence-corrected chi connectivity index (χ2v) is 4.25. The highest BCUT2D eigenvalue weighted by atomic mass is 16.5. The average molecular weight is 236 g/mol. The highest BCUT2D eigenvalue weighted by Gasteiger charge is 2.40. The lowest BCUT2D eigenvalue weighted by molar-refractivity contribution is -0.149. The summed E-state index contributed by atoms with van der Waals surface area (Å²) in [6, 6.07) is 9.62. The summed E-state index contributed by atoms with van der Waals surface area (Å²) in [5.41, 5.74) is 0.0857. The lowest BCUT2D eigenvalue weighted by Crippen LogP contribution is -2.54. The number of esters is 1. The highest BCUT2D eigenvalue weighted by Crippen LogP contribution is 2.23. The van der Waals surface area contributed by atoms with Crippen molar-refractivity contribution >= 4 is 5.97 Å². The Kier molecular flexibility index (Phi) is 4.66. The van der Waals surface area contributed by atoms with E-state index in [4.69, 9.17) is 4.74 Å². The van der Waals surface area contributed by atoms with Crippen molar-refractivity contribution in [2.24, 2.45) is 0 Å². The van der Waals surface area contributed by atoms with Gasteiger partial charge in [-0.2, -0.15) is 0 Å². The maximum atomic E-state index is 12.1. The van der Waals surface area contributed by atoms with Crippen molar-refractivity contribution in [2.45, 2.75) is 5.54 Å². The molecule has 0 saturated heterocycles. The maximum absolute atomic E-state index is 12.1. The average Bonchev–Trinajstić information content (AvgIpc) is 2.35. The van der Waals surface area contributed by atoms with Crippen LogP contribution >= 0.6 is 0 Å². The van der Waals surface area contributed by atoms with Crippen molar-refractivity contribution in [1.82, 2.24) is 10.2 Å². The first-order valence-electron chi connectivity index (χ1n) is 5.54. The molecule has 0 fully saturated rings. The van der Waals surface area contributed by atoms with Gasteiger partial charge in [0.2, 0.25) is 0 Å². The molecule has 1 atom stereocenters. The minimum Gasteiger partial charge on any atom is -0.467 e. The van der Waals surface area contributed by atoms with E-state index < -0.39 is 5.54 Å². The van der Waals surface area contributed by atoms with Gasteiger partial charge in [0.15, 0.2) is 5.54 Å². The van der Waals surface area contributed by atoms with Gasteiger partial charge in [0.1, 0.15) is 0 Å². The van der Waals surface area contributed by atoms with Gasteiger partial charge in [0.05, 0.1) is 7.11 Å². The van der Waals surface area contributed by atoms with E-state index in [1.54, 1.807) is 7.05 Å². The molecule has 1 aromatic carbocycles. The van der Waals surface area contributed by atoms with Crippen LogP contribution in [0.3, 0.4) is 0 Å². The van der Waals surface area contributed by atoms with Crippen molar-refractivity contribution in [3.8, 4) is 0 Å². The topological polar surface area (TPSA) is 41.6 Å². The van der Waals surface area contributed by atoms with Crippen LogP contribution in [-0.2, 0) is 15.1 Å². The van der Waals surface area contributed by atoms with E-state index in [9.17, 15) is 4.79 Å². The van der Waals surface area contributed by atoms with Crippen LogP contribution in [0.25, 0.3) is 0 Å². The van der Waals surface area contributed by atoms with Gasteiger partial charge in [0, 0.05) is 6.54 Å². The SMILES string of the molecule is CNC(CN(C)C)(C(=O)OC)c1ccccc1. The zero-order chi connectivity index (χ0) is 12.9. The molecule has 1 N–H and O–H groups in total. The summed E-state index contributed by atoms with van der Waals surface area (Å²) in [4.78, 5) is 14.0. The monoisotopic (exact) mass is 236 g/mol. The molecule has 17 heavy (non-hydrogen) atoms. The van der Waals surface area contributed by atoms with Crippen molar-refractivity contribution in [2.75, 3.05) is 34.8 Å². The number of carbonyl (C=O) groups excluding carboxylic acids is 1. The number of methoxy groups -OCH3 is 1. The van der Waals surface area contributed by atoms with Gasteiger partial charge >= 0.3 is 5.97 Å². The highest BCUT2D eigenvalue weighted by molar-refractivity contribution is 5.83. The number of likely N-dealkylation sites (N-methyl/N-ethyl adjacent to an activating group) is 2. The van der Waals surface area contributed by atoms with Crippen LogP contribution < -0.4 is 5.32 Å². The van der Waals surface area contributed by atoms with Crippen molar-refractivity contribution in [1.29, 1.82) is 0 Å². The van der Waals surface area contributed by atoms with Crippen molar-refractivity contribution < 1.29 is 9.53 Å². The predicted octanol–water partition coefficient (Wildman–Crippen LogP) is 0.836. The molecule has 94 valence electrons. The van der Waals surface area contributed by atoms with Gasteiger partial charge in [-0.1, -0.05) is 30.3 Å². The van der Waals surface area contributed by atoms with Crippen LogP contribution in [0, 0.1) is 0 Å². The molecule has 0 saturated carbocycles. The fourth-order valence-electron chi connectivity index (χ4n) is 1.97. The van der Waals surface area contributed by atoms with Gasteiger partial charge < -0.3 is 15.0 Å². The van der Waals surface area contributed by atoms with Crippen LogP contribution in [0.4, 0.5) is 0 Å². The van der Waals surface area contributed by atoms with Crippen molar-refractivity contribution in [3.63, 3.8) is 0 Å². The minimum atomic E-state index is -0.820. The Morgan fingerprint density at radius 2 is 1.94 bits per heavy atom. The van der Waals surface area contributed by atoms with E-state index in [0.29, 0.717) is 6.54 Å². The molecule has 0 spiro atoms. The number of nitrogens with zero attached hydrogens (tertiary/aromatic N) is 1. The summed E-state index contributed by atoms with van der Waals surface area (Å²) in [5.74, 6) is -0.278. The minimum absolute atomic E-state index is 0.278. The molecule has 0 heterocycles. The number of nitrogens with one attached hydrogen (secondary N) is 1. The van der Waals surface area contributed by atoms with E-state index in [1.165, 1.54) is 7.11 Å². The largest absolute Gasteiger partial charge is 0.467 e. The number of rotatable bonds is 5. The summed E-state index contributed by atoms with van der Waals surface area (Å²) in [5, 5.41) is 3.10. The molecule has 0 radical (unpaired) electrons. The fraction of sp³-hybridized carbons (Fsp3) is 0.462. The molecule has 0 aliphatic heterocycles. The normalized spacial score (nSPS) is 14.4. The molecular formula is C13H20N2O2. The van der Waals surface area contributed by atoms with E-state index in [2.05, 4.69) is 5.32 Å². The third-order valence-corrected chi connectivity index (χ3v) is 2.78. The Morgan fingerprint density at radius 1 is 1.35 bits per heavy atom. The first-order chi connectivity index (χ1) is 8.06. The smallest absolute Gasteiger partial charge is 0.332 e. The van der Waals surface area contributed by atoms with Gasteiger partial charge in [-0.05, 0) is 26.7 Å². The van der Waals surface area contributed by atoms with E-state index in [1.807, 2.05) is 49.3 Å². The van der Waals surface area contributed by atoms with Crippen LogP contribution in [0.15, 0.2) is 30.3 Å². The van der Waals surface area contributed by atoms with Crippen LogP contribution in [0.1, 0.15) is 5.56 Å². The molecule has 1 rings (SSSR count). The quantitative estimate of drug-likeness (QED) is 0.769. The number of hydrogen-bond acceptors (Lipinski definition) is 4. The predicted molar refractivity (Wildman–Crippen MR) is 67.7 cm³/mol. The molecule has 0 amide bonds. The van der Waals surface area contributed by atoms with Crippen LogP contribution in [0.5, 0.6) is 0 Å². The van der Waals surface area contributed by atoms with E-state index in [-0.39, 0.29) is 5.97 Å². The lowest BCUT2D eigenvalue weighted by Gasteiger charge is -2.33. The Labute approximate surface area is 103 Å². The standard InChI is InChI=1S/C13H20N2O2/c1-14-13(10-15(2)3,12(16)17-4)11-8-6-5-7-9-11/h5-9,14H,10H2,1-4H3. The zero-order valence-corrected chi connectivity index (χ0v) is 10.9. The van der Waals surface area contributed by atoms with Gasteiger partial charge in [0.25, 0.3) is 0 Å². The van der Waals surface area contributed by atoms with Gasteiger partial charge in [-0.3, -0.25) is 0 Å². The molecule has 0 aliphatic carbocycles. The number of carbonyl (C=O) groups is 1. The van der Waals surface area contributed by atoms with Gasteiger partial charge in [-0.15, -0.1) is 0 Å². The van der Waals surface area contributed by atoms with E-state index in [0.717, 1.165) is 5.56 Å². The zero-order valence-electron chi connectivity index (χ0n) is 10.9. The second kappa shape index (κ2) is 5.80. The number of benzene rings is 1. The molecule has 1 aromatic rings. The Hall–Kier alpha value is -1.39. The first-order valence-corrected chi connectivity index (χ1v) is 5.54. The van der Waals surface area contributed by atoms with Gasteiger partial charge in [-0.25, -0.2) is 4.79 Å². The van der Waals surface area contributed by atoms with Crippen LogP contribution in [0.2, 0.25) is 0 Å². The summed E-state index contributed by atoms with van der Waals surface area (Å²) >= 11 is 0. The molecule has 0 aliphatic rings. The summed E-state index contributed by atoms with van der Waals surface area (Å²) in [6.07, 6.45) is 0. The number of hydrogen-bond donors (Lipinski definition) is 1. The third kappa shape index (κ3) is 2.84. The molecular weight excluding hydrogens is 216 g/mol. The first kappa shape index (κ1) is 13.7.